The lowest BCUT2D eigenvalue weighted by Crippen LogP contribution is -2.56. The Morgan fingerprint density at radius 1 is 1.26 bits per heavy atom. The Bertz CT molecular complexity index is 569. The van der Waals surface area contributed by atoms with Crippen molar-refractivity contribution in [2.24, 2.45) is 0 Å². The van der Waals surface area contributed by atoms with Gasteiger partial charge in [0.15, 0.2) is 0 Å². The van der Waals surface area contributed by atoms with Crippen LogP contribution in [0.4, 0.5) is 0 Å². The van der Waals surface area contributed by atoms with Crippen LogP contribution in [-0.2, 0) is 0 Å². The quantitative estimate of drug-likeness (QED) is 0.801. The van der Waals surface area contributed by atoms with Gasteiger partial charge in [-0.25, -0.2) is 0 Å². The second-order valence-electron chi connectivity index (χ2n) is 6.62. The number of likely N-dealkylation sites (tertiary alicyclic amines) is 2. The van der Waals surface area contributed by atoms with E-state index in [0.29, 0.717) is 0 Å². The highest BCUT2D eigenvalue weighted by atomic mass is 16.5. The van der Waals surface area contributed by atoms with Gasteiger partial charge in [-0.05, 0) is 56.5 Å². The van der Waals surface area contributed by atoms with E-state index >= 15 is 0 Å². The number of nitrogens with zero attached hydrogens (tertiary/aromatic N) is 2. The predicted octanol–water partition coefficient (Wildman–Crippen LogP) is 2.95. The number of hydrogen-bond donors (Lipinski definition) is 0. The first-order chi connectivity index (χ1) is 11.2. The Hall–Kier alpha value is -1.81. The van der Waals surface area contributed by atoms with Gasteiger partial charge in [-0.1, -0.05) is 6.08 Å². The summed E-state index contributed by atoms with van der Waals surface area (Å²) in [5.74, 6) is 0.918. The molecule has 2 saturated heterocycles. The molecule has 0 saturated carbocycles. The molecule has 1 unspecified atom stereocenters. The number of carbonyl (C=O) groups is 1. The van der Waals surface area contributed by atoms with Crippen LogP contribution in [0.1, 0.15) is 36.0 Å². The number of methoxy groups -OCH3 is 1. The third-order valence-corrected chi connectivity index (χ3v) is 5.27. The van der Waals surface area contributed by atoms with E-state index in [9.17, 15) is 4.79 Å². The average molecular weight is 314 g/mol. The van der Waals surface area contributed by atoms with Gasteiger partial charge in [-0.2, -0.15) is 0 Å². The SMILES string of the molecule is C=CCN1CCCC12CCCN(C(=O)c1ccc(OC)cc1)C2. The maximum absolute atomic E-state index is 12.9. The Balaban J connectivity index is 1.74. The molecule has 1 atom stereocenters. The van der Waals surface area contributed by atoms with Crippen molar-refractivity contribution in [2.75, 3.05) is 33.3 Å². The van der Waals surface area contributed by atoms with E-state index < -0.39 is 0 Å². The van der Waals surface area contributed by atoms with E-state index in [1.54, 1.807) is 7.11 Å². The smallest absolute Gasteiger partial charge is 0.253 e. The summed E-state index contributed by atoms with van der Waals surface area (Å²) in [6.07, 6.45) is 6.66. The lowest BCUT2D eigenvalue weighted by molar-refractivity contribution is 0.0367. The summed E-state index contributed by atoms with van der Waals surface area (Å²) in [4.78, 5) is 17.4. The highest BCUT2D eigenvalue weighted by molar-refractivity contribution is 5.94. The summed E-state index contributed by atoms with van der Waals surface area (Å²) in [6, 6.07) is 7.43. The van der Waals surface area contributed by atoms with Crippen LogP contribution in [0.5, 0.6) is 5.75 Å². The van der Waals surface area contributed by atoms with E-state index in [2.05, 4.69) is 11.5 Å². The molecule has 3 rings (SSSR count). The zero-order valence-electron chi connectivity index (χ0n) is 14.0. The topological polar surface area (TPSA) is 32.8 Å². The molecule has 4 heteroatoms. The van der Waals surface area contributed by atoms with Crippen molar-refractivity contribution >= 4 is 5.91 Å². The minimum absolute atomic E-state index is 0.136. The first-order valence-corrected chi connectivity index (χ1v) is 8.48. The van der Waals surface area contributed by atoms with Crippen LogP contribution in [0, 0.1) is 0 Å². The lowest BCUT2D eigenvalue weighted by atomic mass is 9.86. The average Bonchev–Trinajstić information content (AvgIpc) is 2.96. The standard InChI is InChI=1S/C19H26N2O2/c1-3-12-21-14-5-11-19(21)10-4-13-20(15-19)18(22)16-6-8-17(23-2)9-7-16/h3,6-9H,1,4-5,10-15H2,2H3. The van der Waals surface area contributed by atoms with Crippen LogP contribution in [0.25, 0.3) is 0 Å². The van der Waals surface area contributed by atoms with Crippen molar-refractivity contribution in [1.29, 1.82) is 0 Å². The summed E-state index contributed by atoms with van der Waals surface area (Å²) < 4.78 is 5.17. The largest absolute Gasteiger partial charge is 0.497 e. The summed E-state index contributed by atoms with van der Waals surface area (Å²) >= 11 is 0. The monoisotopic (exact) mass is 314 g/mol. The molecule has 124 valence electrons. The lowest BCUT2D eigenvalue weighted by Gasteiger charge is -2.45. The molecule has 0 N–H and O–H groups in total. The Morgan fingerprint density at radius 3 is 2.61 bits per heavy atom. The summed E-state index contributed by atoms with van der Waals surface area (Å²) in [5, 5.41) is 0. The van der Waals surface area contributed by atoms with Gasteiger partial charge in [0, 0.05) is 30.7 Å². The zero-order chi connectivity index (χ0) is 16.3. The highest BCUT2D eigenvalue weighted by Gasteiger charge is 2.44. The van der Waals surface area contributed by atoms with Gasteiger partial charge in [0.05, 0.1) is 7.11 Å². The van der Waals surface area contributed by atoms with Gasteiger partial charge in [-0.3, -0.25) is 9.69 Å². The number of hydrogen-bond acceptors (Lipinski definition) is 3. The number of ether oxygens (including phenoxy) is 1. The molecule has 0 radical (unpaired) electrons. The van der Waals surface area contributed by atoms with E-state index in [0.717, 1.165) is 43.9 Å². The van der Waals surface area contributed by atoms with Crippen molar-refractivity contribution in [3.8, 4) is 5.75 Å². The molecule has 0 aliphatic carbocycles. The van der Waals surface area contributed by atoms with Crippen LogP contribution in [0.3, 0.4) is 0 Å². The van der Waals surface area contributed by atoms with E-state index in [4.69, 9.17) is 4.74 Å². The number of piperidine rings is 1. The second-order valence-corrected chi connectivity index (χ2v) is 6.62. The number of rotatable bonds is 4. The number of carbonyl (C=O) groups excluding carboxylic acids is 1. The molecule has 2 heterocycles. The van der Waals surface area contributed by atoms with Crippen molar-refractivity contribution < 1.29 is 9.53 Å². The minimum atomic E-state index is 0.136. The van der Waals surface area contributed by atoms with Gasteiger partial charge < -0.3 is 9.64 Å². The predicted molar refractivity (Wildman–Crippen MR) is 91.9 cm³/mol. The molecule has 2 aliphatic heterocycles. The normalized spacial score (nSPS) is 24.8. The van der Waals surface area contributed by atoms with Crippen molar-refractivity contribution in [3.05, 3.63) is 42.5 Å². The molecule has 1 amide bonds. The Kier molecular flexibility index (Phi) is 4.71. The van der Waals surface area contributed by atoms with Crippen LogP contribution in [0.2, 0.25) is 0 Å². The van der Waals surface area contributed by atoms with Crippen molar-refractivity contribution in [3.63, 3.8) is 0 Å². The fourth-order valence-electron chi connectivity index (χ4n) is 4.10. The van der Waals surface area contributed by atoms with Crippen molar-refractivity contribution in [2.45, 2.75) is 31.2 Å². The van der Waals surface area contributed by atoms with E-state index in [1.165, 1.54) is 19.3 Å². The molecule has 0 aromatic heterocycles. The molecule has 1 spiro atoms. The Labute approximate surface area is 138 Å². The molecule has 1 aromatic rings. The molecular weight excluding hydrogens is 288 g/mol. The van der Waals surface area contributed by atoms with Crippen LogP contribution < -0.4 is 4.74 Å². The van der Waals surface area contributed by atoms with Gasteiger partial charge in [-0.15, -0.1) is 6.58 Å². The van der Waals surface area contributed by atoms with Gasteiger partial charge in [0.25, 0.3) is 5.91 Å². The fourth-order valence-corrected chi connectivity index (χ4v) is 4.10. The second kappa shape index (κ2) is 6.75. The first kappa shape index (κ1) is 16.1. The first-order valence-electron chi connectivity index (χ1n) is 8.48. The Morgan fingerprint density at radius 2 is 1.96 bits per heavy atom. The summed E-state index contributed by atoms with van der Waals surface area (Å²) in [5.41, 5.74) is 0.908. The fraction of sp³-hybridized carbons (Fsp3) is 0.526. The third kappa shape index (κ3) is 3.13. The highest BCUT2D eigenvalue weighted by Crippen LogP contribution is 2.37. The molecule has 1 aromatic carbocycles. The molecule has 2 fully saturated rings. The van der Waals surface area contributed by atoms with Crippen LogP contribution in [0.15, 0.2) is 36.9 Å². The van der Waals surface area contributed by atoms with Gasteiger partial charge in [0.2, 0.25) is 0 Å². The van der Waals surface area contributed by atoms with Gasteiger partial charge in [0.1, 0.15) is 5.75 Å². The molecule has 0 bridgehead atoms. The molecular formula is C19H26N2O2. The number of amides is 1. The zero-order valence-corrected chi connectivity index (χ0v) is 14.0. The number of benzene rings is 1. The minimum Gasteiger partial charge on any atom is -0.497 e. The molecule has 2 aliphatic rings. The summed E-state index contributed by atoms with van der Waals surface area (Å²) in [7, 11) is 1.64. The van der Waals surface area contributed by atoms with Crippen LogP contribution >= 0.6 is 0 Å². The van der Waals surface area contributed by atoms with E-state index in [1.807, 2.05) is 35.2 Å². The molecule has 4 nitrogen and oxygen atoms in total. The maximum atomic E-state index is 12.9. The summed E-state index contributed by atoms with van der Waals surface area (Å²) in [6.45, 7) is 7.62. The third-order valence-electron chi connectivity index (χ3n) is 5.27. The van der Waals surface area contributed by atoms with E-state index in [-0.39, 0.29) is 11.4 Å². The van der Waals surface area contributed by atoms with Crippen LogP contribution in [-0.4, -0.2) is 54.5 Å². The van der Waals surface area contributed by atoms with Gasteiger partial charge >= 0.3 is 0 Å². The maximum Gasteiger partial charge on any atom is 0.253 e. The molecule has 23 heavy (non-hydrogen) atoms. The van der Waals surface area contributed by atoms with Crippen molar-refractivity contribution in [1.82, 2.24) is 9.80 Å².